The maximum absolute atomic E-state index is 13.0. The SMILES string of the molecule is CC/C=C\C/C=C\C/C=C\C/C=C\C/C=C\CCCCCCCCCCCCCCCCCCCCCCCCCC(=O)OC(COC(=O)CCCCCCCCCCCCCCCCCCCCCCCCCCCCCC/C=C\C/C=C\C/C=C\C/C=C\CC)COC(OCC[N+](C)(C)C)C(=O)O. The van der Waals surface area contributed by atoms with E-state index in [0.717, 1.165) is 96.3 Å². The van der Waals surface area contributed by atoms with Crippen LogP contribution in [0.3, 0.4) is 0 Å². The zero-order valence-corrected chi connectivity index (χ0v) is 69.9. The number of carbonyl (C=O) groups excluding carboxylic acids is 2. The second kappa shape index (κ2) is 85.6. The predicted molar refractivity (Wildman–Crippen MR) is 456 cm³/mol. The molecule has 0 saturated heterocycles. The maximum Gasteiger partial charge on any atom is 0.361 e. The van der Waals surface area contributed by atoms with Crippen LogP contribution in [0.5, 0.6) is 0 Å². The molecule has 0 aromatic rings. The maximum atomic E-state index is 13.0. The molecule has 105 heavy (non-hydrogen) atoms. The summed E-state index contributed by atoms with van der Waals surface area (Å²) >= 11 is 0. The third-order valence-electron chi connectivity index (χ3n) is 20.0. The van der Waals surface area contributed by atoms with Crippen LogP contribution in [-0.4, -0.2) is 87.4 Å². The third kappa shape index (κ3) is 87.1. The van der Waals surface area contributed by atoms with Crippen molar-refractivity contribution in [2.24, 2.45) is 0 Å². The number of aliphatic carboxylic acids is 1. The van der Waals surface area contributed by atoms with E-state index in [-0.39, 0.29) is 38.2 Å². The number of esters is 2. The van der Waals surface area contributed by atoms with Crippen molar-refractivity contribution in [3.63, 3.8) is 0 Å². The zero-order chi connectivity index (χ0) is 76.0. The van der Waals surface area contributed by atoms with Crippen molar-refractivity contribution in [1.82, 2.24) is 0 Å². The topological polar surface area (TPSA) is 108 Å². The highest BCUT2D eigenvalue weighted by molar-refractivity contribution is 5.71. The number of quaternary nitrogens is 1. The Morgan fingerprint density at radius 3 is 0.762 bits per heavy atom. The number of unbranched alkanes of at least 4 members (excludes halogenated alkanes) is 51. The van der Waals surface area contributed by atoms with Gasteiger partial charge in [-0.05, 0) is 96.3 Å². The minimum absolute atomic E-state index is 0.178. The number of likely N-dealkylation sites (N-methyl/N-ethyl adjacent to an activating group) is 1. The summed E-state index contributed by atoms with van der Waals surface area (Å²) in [5, 5.41) is 9.80. The lowest BCUT2D eigenvalue weighted by molar-refractivity contribution is -0.870. The smallest absolute Gasteiger partial charge is 0.361 e. The van der Waals surface area contributed by atoms with Crippen LogP contribution in [0.2, 0.25) is 0 Å². The summed E-state index contributed by atoms with van der Waals surface area (Å²) in [4.78, 5) is 37.8. The van der Waals surface area contributed by atoms with Gasteiger partial charge in [0.2, 0.25) is 0 Å². The van der Waals surface area contributed by atoms with E-state index in [1.807, 2.05) is 21.1 Å². The molecule has 0 radical (unpaired) electrons. The van der Waals surface area contributed by atoms with Crippen LogP contribution in [0.25, 0.3) is 0 Å². The van der Waals surface area contributed by atoms with Crippen LogP contribution >= 0.6 is 0 Å². The Morgan fingerprint density at radius 1 is 0.286 bits per heavy atom. The highest BCUT2D eigenvalue weighted by atomic mass is 16.7. The zero-order valence-electron chi connectivity index (χ0n) is 69.9. The molecule has 0 fully saturated rings. The number of carbonyl (C=O) groups is 3. The molecular weight excluding hydrogens is 1300 g/mol. The minimum atomic E-state index is -1.51. The molecule has 0 aromatic heterocycles. The van der Waals surface area contributed by atoms with Crippen LogP contribution in [0.4, 0.5) is 0 Å². The molecule has 608 valence electrons. The van der Waals surface area contributed by atoms with E-state index in [4.69, 9.17) is 18.9 Å². The van der Waals surface area contributed by atoms with Gasteiger partial charge in [0.05, 0.1) is 34.4 Å². The van der Waals surface area contributed by atoms with E-state index < -0.39 is 18.4 Å². The van der Waals surface area contributed by atoms with Crippen molar-refractivity contribution in [2.75, 3.05) is 47.5 Å². The highest BCUT2D eigenvalue weighted by Gasteiger charge is 2.25. The molecule has 1 N–H and O–H groups in total. The molecule has 0 bridgehead atoms. The molecule has 0 aromatic carbocycles. The van der Waals surface area contributed by atoms with E-state index in [0.29, 0.717) is 17.4 Å². The van der Waals surface area contributed by atoms with Gasteiger partial charge < -0.3 is 28.5 Å². The first-order valence-electron chi connectivity index (χ1n) is 45.1. The summed E-state index contributed by atoms with van der Waals surface area (Å²) in [6, 6.07) is 0. The first-order chi connectivity index (χ1) is 51.6. The number of hydrogen-bond donors (Lipinski definition) is 1. The standard InChI is InChI=1S/C96H171NO8/c1-6-8-10-12-14-16-18-20-22-24-26-28-30-32-34-36-38-40-42-44-46-47-49-50-52-54-56-58-60-62-64-66-68-70-72-74-76-78-80-82-84-86-93(98)103-90-92(91-104-96(95(100)101)102-89-88-97(3,4)5)105-94(99)87-85-83-81-79-77-75-73-71-69-67-65-63-61-59-57-55-53-51-48-45-43-41-39-37-35-33-31-29-27-25-23-21-19-17-15-13-11-9-7-2/h8-11,14-17,20-23,26-29,33,35,92,96H,6-7,12-13,18-19,24-25,30-32,34,36-91H2,1-5H3/p+1/b10-8-,11-9-,16-14-,17-15-,22-20-,23-21-,28-26-,29-27-,35-33-. The molecular formula is C96H172NO8+. The number of rotatable bonds is 84. The number of carboxylic acids is 1. The fourth-order valence-corrected chi connectivity index (χ4v) is 13.3. The first-order valence-corrected chi connectivity index (χ1v) is 45.1. The second-order valence-electron chi connectivity index (χ2n) is 31.5. The van der Waals surface area contributed by atoms with Crippen LogP contribution in [0, 0.1) is 0 Å². The molecule has 0 aliphatic rings. The number of ether oxygens (including phenoxy) is 4. The Morgan fingerprint density at radius 2 is 0.514 bits per heavy atom. The number of carboxylic acid groups (broad SMARTS) is 1. The lowest BCUT2D eigenvalue weighted by Gasteiger charge is -2.25. The van der Waals surface area contributed by atoms with Crippen LogP contribution in [0.1, 0.15) is 425 Å². The lowest BCUT2D eigenvalue weighted by atomic mass is 10.0. The van der Waals surface area contributed by atoms with Crippen LogP contribution < -0.4 is 0 Å². The van der Waals surface area contributed by atoms with E-state index in [1.54, 1.807) is 0 Å². The summed E-state index contributed by atoms with van der Waals surface area (Å²) in [5.41, 5.74) is 0. The van der Waals surface area contributed by atoms with Crippen molar-refractivity contribution in [1.29, 1.82) is 0 Å². The largest absolute Gasteiger partial charge is 0.477 e. The number of allylic oxidation sites excluding steroid dienone is 18. The fourth-order valence-electron chi connectivity index (χ4n) is 13.3. The van der Waals surface area contributed by atoms with Gasteiger partial charge in [0, 0.05) is 12.8 Å². The second-order valence-corrected chi connectivity index (χ2v) is 31.5. The number of hydrogen-bond acceptors (Lipinski definition) is 7. The third-order valence-corrected chi connectivity index (χ3v) is 20.0. The summed E-state index contributed by atoms with van der Waals surface area (Å²) in [6.07, 6.45) is 119. The van der Waals surface area contributed by atoms with Gasteiger partial charge in [-0.1, -0.05) is 425 Å². The van der Waals surface area contributed by atoms with E-state index >= 15 is 0 Å². The fraction of sp³-hybridized carbons (Fsp3) is 0.781. The molecule has 0 aliphatic carbocycles. The molecule has 0 aliphatic heterocycles. The Labute approximate surface area is 651 Å². The quantitative estimate of drug-likeness (QED) is 0.0211. The normalized spacial score (nSPS) is 13.1. The molecule has 0 saturated carbocycles. The molecule has 0 heterocycles. The van der Waals surface area contributed by atoms with Gasteiger partial charge in [0.15, 0.2) is 6.10 Å². The molecule has 2 unspecified atom stereocenters. The Bertz CT molecular complexity index is 2110. The van der Waals surface area contributed by atoms with E-state index in [2.05, 4.69) is 123 Å². The van der Waals surface area contributed by atoms with Crippen molar-refractivity contribution in [3.05, 3.63) is 109 Å². The highest BCUT2D eigenvalue weighted by Crippen LogP contribution is 2.20. The summed E-state index contributed by atoms with van der Waals surface area (Å²) in [7, 11) is 6.00. The summed E-state index contributed by atoms with van der Waals surface area (Å²) in [6.45, 7) is 4.71. The van der Waals surface area contributed by atoms with Gasteiger partial charge in [-0.2, -0.15) is 0 Å². The Hall–Kier alpha value is -4.05. The van der Waals surface area contributed by atoms with Gasteiger partial charge in [-0.15, -0.1) is 0 Å². The summed E-state index contributed by atoms with van der Waals surface area (Å²) in [5.74, 6) is -1.97. The van der Waals surface area contributed by atoms with Gasteiger partial charge in [0.1, 0.15) is 13.2 Å². The average Bonchev–Trinajstić information content (AvgIpc) is 1.97. The van der Waals surface area contributed by atoms with Gasteiger partial charge in [0.25, 0.3) is 6.29 Å². The molecule has 0 amide bonds. The van der Waals surface area contributed by atoms with Crippen LogP contribution in [0.15, 0.2) is 109 Å². The first kappa shape index (κ1) is 101. The summed E-state index contributed by atoms with van der Waals surface area (Å²) < 4.78 is 23.1. The predicted octanol–water partition coefficient (Wildman–Crippen LogP) is 29.6. The van der Waals surface area contributed by atoms with E-state index in [9.17, 15) is 19.5 Å². The molecule has 9 nitrogen and oxygen atoms in total. The molecule has 2 atom stereocenters. The lowest BCUT2D eigenvalue weighted by Crippen LogP contribution is -2.40. The minimum Gasteiger partial charge on any atom is -0.477 e. The van der Waals surface area contributed by atoms with Crippen molar-refractivity contribution >= 4 is 17.9 Å². The monoisotopic (exact) mass is 1470 g/mol. The average molecular weight is 1470 g/mol. The van der Waals surface area contributed by atoms with Crippen molar-refractivity contribution in [3.8, 4) is 0 Å². The number of nitrogens with zero attached hydrogens (tertiary/aromatic N) is 1. The molecule has 0 rings (SSSR count). The Kier molecular flexibility index (Phi) is 82.3. The molecule has 9 heteroatoms. The van der Waals surface area contributed by atoms with Crippen molar-refractivity contribution < 1.29 is 42.9 Å². The van der Waals surface area contributed by atoms with Gasteiger partial charge >= 0.3 is 17.9 Å². The Balaban J connectivity index is 3.90. The van der Waals surface area contributed by atoms with E-state index in [1.165, 1.54) is 302 Å². The van der Waals surface area contributed by atoms with Gasteiger partial charge in [-0.3, -0.25) is 9.59 Å². The van der Waals surface area contributed by atoms with Crippen LogP contribution in [-0.2, 0) is 33.3 Å². The molecule has 0 spiro atoms. The van der Waals surface area contributed by atoms with Gasteiger partial charge in [-0.25, -0.2) is 4.79 Å². The van der Waals surface area contributed by atoms with Crippen molar-refractivity contribution in [2.45, 2.75) is 437 Å².